The molecule has 0 radical (unpaired) electrons. The minimum atomic E-state index is -4.27. The Hall–Kier alpha value is -4.35. The molecule has 0 fully saturated rings. The van der Waals surface area contributed by atoms with Gasteiger partial charge in [0, 0.05) is 23.0 Å². The molecule has 41 heavy (non-hydrogen) atoms. The van der Waals surface area contributed by atoms with Crippen molar-refractivity contribution in [3.8, 4) is 17.2 Å². The van der Waals surface area contributed by atoms with Crippen LogP contribution in [0.1, 0.15) is 17.0 Å². The van der Waals surface area contributed by atoms with Gasteiger partial charge in [-0.1, -0.05) is 23.7 Å². The fourth-order valence-electron chi connectivity index (χ4n) is 4.50. The van der Waals surface area contributed by atoms with Crippen LogP contribution < -0.4 is 19.2 Å². The van der Waals surface area contributed by atoms with Crippen LogP contribution in [-0.4, -0.2) is 44.9 Å². The van der Waals surface area contributed by atoms with Gasteiger partial charge in [0.25, 0.3) is 15.9 Å². The number of benzene rings is 3. The Kier molecular flexibility index (Phi) is 8.00. The van der Waals surface area contributed by atoms with Gasteiger partial charge in [0.15, 0.2) is 11.5 Å². The number of aryl methyl sites for hydroxylation is 1. The van der Waals surface area contributed by atoms with E-state index in [1.54, 1.807) is 6.07 Å². The number of carbonyl (C=O) groups is 1. The molecule has 212 valence electrons. The van der Waals surface area contributed by atoms with Gasteiger partial charge in [-0.05, 0) is 68.4 Å². The van der Waals surface area contributed by atoms with Gasteiger partial charge in [-0.15, -0.1) is 0 Å². The molecule has 0 bridgehead atoms. The van der Waals surface area contributed by atoms with E-state index in [2.05, 4.69) is 10.5 Å². The summed E-state index contributed by atoms with van der Waals surface area (Å²) in [6, 6.07) is 18.3. The van der Waals surface area contributed by atoms with Crippen LogP contribution in [0.4, 0.5) is 10.1 Å². The van der Waals surface area contributed by atoms with Crippen molar-refractivity contribution in [2.45, 2.75) is 18.7 Å². The Morgan fingerprint density at radius 2 is 1.76 bits per heavy atom. The highest BCUT2D eigenvalue weighted by Gasteiger charge is 2.29. The smallest absolute Gasteiger partial charge is 0.264 e. The minimum absolute atomic E-state index is 0.101. The molecule has 5 rings (SSSR count). The molecule has 3 aromatic carbocycles. The standard InChI is InChI=1S/C29H26ClFN4O5S/c1-19-15-21(20(2)35(19)26-6-4-3-5-25(26)30)17-32-33-29(36)18-34(23-9-7-22(31)8-10-23)41(37,38)24-11-12-27-28(16-24)40-14-13-39-27/h3-12,15-17H,13-14,18H2,1-2H3,(H,33,36)/b32-17-. The number of hydrogen-bond donors (Lipinski definition) is 1. The van der Waals surface area contributed by atoms with Crippen LogP contribution >= 0.6 is 11.6 Å². The molecule has 1 aliphatic rings. The summed E-state index contributed by atoms with van der Waals surface area (Å²) in [4.78, 5) is 12.8. The van der Waals surface area contributed by atoms with Crippen LogP contribution in [-0.2, 0) is 14.8 Å². The molecule has 1 aromatic heterocycles. The lowest BCUT2D eigenvalue weighted by atomic mass is 10.2. The molecule has 12 heteroatoms. The second-order valence-corrected chi connectivity index (χ2v) is 11.5. The van der Waals surface area contributed by atoms with E-state index in [1.807, 2.05) is 42.7 Å². The van der Waals surface area contributed by atoms with Crippen LogP contribution in [0.5, 0.6) is 11.5 Å². The molecular formula is C29H26ClFN4O5S. The zero-order chi connectivity index (χ0) is 29.1. The number of amides is 1. The second-order valence-electron chi connectivity index (χ2n) is 9.20. The molecule has 2 heterocycles. The van der Waals surface area contributed by atoms with Crippen molar-refractivity contribution in [1.82, 2.24) is 9.99 Å². The monoisotopic (exact) mass is 596 g/mol. The first-order chi connectivity index (χ1) is 19.6. The number of ether oxygens (including phenoxy) is 2. The average molecular weight is 597 g/mol. The van der Waals surface area contributed by atoms with Crippen molar-refractivity contribution < 1.29 is 27.1 Å². The lowest BCUT2D eigenvalue weighted by Crippen LogP contribution is -2.39. The minimum Gasteiger partial charge on any atom is -0.486 e. The van der Waals surface area contributed by atoms with Gasteiger partial charge in [0.2, 0.25) is 0 Å². The first-order valence-corrected chi connectivity index (χ1v) is 14.4. The van der Waals surface area contributed by atoms with Gasteiger partial charge < -0.3 is 14.0 Å². The lowest BCUT2D eigenvalue weighted by molar-refractivity contribution is -0.119. The molecular weight excluding hydrogens is 571 g/mol. The summed E-state index contributed by atoms with van der Waals surface area (Å²) >= 11 is 6.38. The third kappa shape index (κ3) is 5.91. The van der Waals surface area contributed by atoms with E-state index in [0.29, 0.717) is 17.4 Å². The van der Waals surface area contributed by atoms with Crippen LogP contribution in [0.3, 0.4) is 0 Å². The maximum Gasteiger partial charge on any atom is 0.264 e. The van der Waals surface area contributed by atoms with E-state index < -0.39 is 28.3 Å². The van der Waals surface area contributed by atoms with Gasteiger partial charge in [-0.3, -0.25) is 9.10 Å². The van der Waals surface area contributed by atoms with E-state index in [1.165, 1.54) is 36.5 Å². The number of nitrogens with one attached hydrogen (secondary N) is 1. The third-order valence-electron chi connectivity index (χ3n) is 6.46. The van der Waals surface area contributed by atoms with Gasteiger partial charge >= 0.3 is 0 Å². The summed E-state index contributed by atoms with van der Waals surface area (Å²) in [7, 11) is -4.27. The average Bonchev–Trinajstić information content (AvgIpc) is 3.24. The quantitative estimate of drug-likeness (QED) is 0.228. The normalized spacial score (nSPS) is 12.9. The molecule has 0 unspecified atom stereocenters. The topological polar surface area (TPSA) is 102 Å². The van der Waals surface area contributed by atoms with Gasteiger partial charge in [-0.25, -0.2) is 18.2 Å². The summed E-state index contributed by atoms with van der Waals surface area (Å²) in [5.41, 5.74) is 5.81. The number of sulfonamides is 1. The third-order valence-corrected chi connectivity index (χ3v) is 8.55. The zero-order valence-corrected chi connectivity index (χ0v) is 23.7. The fourth-order valence-corrected chi connectivity index (χ4v) is 6.15. The second kappa shape index (κ2) is 11.6. The van der Waals surface area contributed by atoms with E-state index in [-0.39, 0.29) is 22.9 Å². The molecule has 0 saturated carbocycles. The predicted molar refractivity (Wildman–Crippen MR) is 154 cm³/mol. The van der Waals surface area contributed by atoms with Gasteiger partial charge in [-0.2, -0.15) is 5.10 Å². The molecule has 1 aliphatic heterocycles. The van der Waals surface area contributed by atoms with Gasteiger partial charge in [0.05, 0.1) is 27.5 Å². The molecule has 0 aliphatic carbocycles. The molecule has 1 amide bonds. The molecule has 9 nitrogen and oxygen atoms in total. The number of hydrazone groups is 1. The summed E-state index contributed by atoms with van der Waals surface area (Å²) < 4.78 is 54.9. The zero-order valence-electron chi connectivity index (χ0n) is 22.2. The Balaban J connectivity index is 1.38. The maximum atomic E-state index is 13.7. The largest absolute Gasteiger partial charge is 0.486 e. The highest BCUT2D eigenvalue weighted by atomic mass is 35.5. The molecule has 1 N–H and O–H groups in total. The number of halogens is 2. The fraction of sp³-hybridized carbons (Fsp3) is 0.172. The van der Waals surface area contributed by atoms with Crippen molar-refractivity contribution in [1.29, 1.82) is 0 Å². The molecule has 0 saturated heterocycles. The Morgan fingerprint density at radius 3 is 2.49 bits per heavy atom. The van der Waals surface area contributed by atoms with E-state index in [9.17, 15) is 17.6 Å². The lowest BCUT2D eigenvalue weighted by Gasteiger charge is -2.25. The van der Waals surface area contributed by atoms with Crippen LogP contribution in [0.25, 0.3) is 5.69 Å². The predicted octanol–water partition coefficient (Wildman–Crippen LogP) is 5.00. The van der Waals surface area contributed by atoms with Crippen molar-refractivity contribution >= 4 is 39.4 Å². The summed E-state index contributed by atoms with van der Waals surface area (Å²) in [6.45, 7) is 3.84. The Labute approximate surface area is 241 Å². The van der Waals surface area contributed by atoms with Crippen molar-refractivity contribution in [2.75, 3.05) is 24.1 Å². The Morgan fingerprint density at radius 1 is 1.05 bits per heavy atom. The number of carbonyl (C=O) groups excluding carboxylic acids is 1. The highest BCUT2D eigenvalue weighted by Crippen LogP contribution is 2.34. The van der Waals surface area contributed by atoms with Crippen molar-refractivity contribution in [3.63, 3.8) is 0 Å². The van der Waals surface area contributed by atoms with Crippen LogP contribution in [0.2, 0.25) is 5.02 Å². The number of anilines is 1. The van der Waals surface area contributed by atoms with Crippen molar-refractivity contribution in [3.05, 3.63) is 101 Å². The van der Waals surface area contributed by atoms with Crippen LogP contribution in [0, 0.1) is 19.7 Å². The molecule has 4 aromatic rings. The Bertz CT molecular complexity index is 1740. The SMILES string of the molecule is Cc1cc(/C=N\NC(=O)CN(c2ccc(F)cc2)S(=O)(=O)c2ccc3c(c2)OCCO3)c(C)n1-c1ccccc1Cl. The number of aromatic nitrogens is 1. The van der Waals surface area contributed by atoms with Crippen LogP contribution in [0.15, 0.2) is 82.8 Å². The van der Waals surface area contributed by atoms with E-state index >= 15 is 0 Å². The number of hydrogen-bond acceptors (Lipinski definition) is 6. The summed E-state index contributed by atoms with van der Waals surface area (Å²) in [6.07, 6.45) is 1.48. The summed E-state index contributed by atoms with van der Waals surface area (Å²) in [5.74, 6) is -0.551. The first-order valence-electron chi connectivity index (χ1n) is 12.6. The van der Waals surface area contributed by atoms with Crippen molar-refractivity contribution in [2.24, 2.45) is 5.10 Å². The molecule has 0 spiro atoms. The molecule has 0 atom stereocenters. The van der Waals surface area contributed by atoms with E-state index in [0.717, 1.165) is 39.1 Å². The number of nitrogens with zero attached hydrogens (tertiary/aromatic N) is 3. The number of para-hydroxylation sites is 1. The van der Waals surface area contributed by atoms with Gasteiger partial charge in [0.1, 0.15) is 25.6 Å². The first kappa shape index (κ1) is 28.2. The highest BCUT2D eigenvalue weighted by molar-refractivity contribution is 7.92. The number of fused-ring (bicyclic) bond motifs is 1. The van der Waals surface area contributed by atoms with E-state index in [4.69, 9.17) is 21.1 Å². The summed E-state index contributed by atoms with van der Waals surface area (Å²) in [5, 5.41) is 4.65. The number of rotatable bonds is 8. The maximum absolute atomic E-state index is 13.7.